The highest BCUT2D eigenvalue weighted by Crippen LogP contribution is 2.60. The number of carbonyl (C=O) groups excluding carboxylic acids is 1. The quantitative estimate of drug-likeness (QED) is 0.747. The third-order valence-corrected chi connectivity index (χ3v) is 8.22. The second-order valence-corrected chi connectivity index (χ2v) is 10.1. The Hall–Kier alpha value is -0.480. The predicted molar refractivity (Wildman–Crippen MR) is 93.2 cm³/mol. The summed E-state index contributed by atoms with van der Waals surface area (Å²) in [4.78, 5) is 16.5. The summed E-state index contributed by atoms with van der Waals surface area (Å²) in [6.45, 7) is 0.784. The molecule has 0 aromatic carbocycles. The first-order chi connectivity index (χ1) is 10.6. The Balaban J connectivity index is 1.48. The second-order valence-electron chi connectivity index (χ2n) is 7.78. The summed E-state index contributed by atoms with van der Waals surface area (Å²) >= 11 is 3.61. The molecule has 1 heterocycles. The molecule has 5 rings (SSSR count). The van der Waals surface area contributed by atoms with Gasteiger partial charge in [-0.25, -0.2) is 0 Å². The van der Waals surface area contributed by atoms with Crippen molar-refractivity contribution in [2.75, 3.05) is 13.3 Å². The number of thiophene rings is 1. The van der Waals surface area contributed by atoms with Gasteiger partial charge in [0.25, 0.3) is 0 Å². The minimum absolute atomic E-state index is 0.00307. The van der Waals surface area contributed by atoms with E-state index in [0.29, 0.717) is 5.91 Å². The fraction of sp³-hybridized carbons (Fsp3) is 0.722. The fourth-order valence-corrected chi connectivity index (χ4v) is 7.28. The Bertz CT molecular complexity index is 544. The van der Waals surface area contributed by atoms with Gasteiger partial charge in [-0.15, -0.1) is 23.1 Å². The summed E-state index contributed by atoms with van der Waals surface area (Å²) in [5.74, 6) is 2.96. The maximum Gasteiger partial charge on any atom is 0.228 e. The van der Waals surface area contributed by atoms with Crippen LogP contribution in [0.2, 0.25) is 0 Å². The van der Waals surface area contributed by atoms with E-state index in [9.17, 15) is 4.79 Å². The summed E-state index contributed by atoms with van der Waals surface area (Å²) in [7, 11) is 2.01. The molecule has 4 aliphatic rings. The van der Waals surface area contributed by atoms with Gasteiger partial charge < -0.3 is 4.90 Å². The largest absolute Gasteiger partial charge is 0.340 e. The van der Waals surface area contributed by atoms with Crippen LogP contribution in [-0.2, 0) is 11.3 Å². The van der Waals surface area contributed by atoms with Crippen LogP contribution < -0.4 is 0 Å². The third-order valence-electron chi connectivity index (χ3n) is 6.07. The molecule has 0 saturated heterocycles. The van der Waals surface area contributed by atoms with Gasteiger partial charge in [0.05, 0.1) is 16.2 Å². The predicted octanol–water partition coefficient (Wildman–Crippen LogP) is 4.64. The van der Waals surface area contributed by atoms with Crippen LogP contribution >= 0.6 is 23.1 Å². The van der Waals surface area contributed by atoms with E-state index in [4.69, 9.17) is 0 Å². The fourth-order valence-electron chi connectivity index (χ4n) is 5.64. The van der Waals surface area contributed by atoms with E-state index >= 15 is 0 Å². The van der Waals surface area contributed by atoms with E-state index in [-0.39, 0.29) is 5.41 Å². The number of thioether (sulfide) groups is 1. The molecule has 4 heteroatoms. The topological polar surface area (TPSA) is 20.3 Å². The number of nitrogens with zero attached hydrogens (tertiary/aromatic N) is 1. The lowest BCUT2D eigenvalue weighted by Gasteiger charge is -2.56. The summed E-state index contributed by atoms with van der Waals surface area (Å²) in [5.41, 5.74) is 0.00307. The molecule has 4 fully saturated rings. The molecule has 0 unspecified atom stereocenters. The van der Waals surface area contributed by atoms with Crippen LogP contribution in [0.5, 0.6) is 0 Å². The van der Waals surface area contributed by atoms with Gasteiger partial charge in [-0.05, 0) is 74.7 Å². The standard InChI is InChI=1S/C18H25NOS2/c1-19(11-15-3-4-16(21-2)22-15)17(20)18-8-12-5-13(9-18)7-14(6-12)10-18/h3-4,12-14H,5-11H2,1-2H3. The Morgan fingerprint density at radius 1 is 1.23 bits per heavy atom. The van der Waals surface area contributed by atoms with Crippen LogP contribution in [0.15, 0.2) is 16.3 Å². The molecular formula is C18H25NOS2. The number of rotatable bonds is 4. The monoisotopic (exact) mass is 335 g/mol. The number of amides is 1. The van der Waals surface area contributed by atoms with Crippen LogP contribution in [0.3, 0.4) is 0 Å². The normalized spacial score (nSPS) is 35.8. The molecule has 1 aromatic heterocycles. The maximum absolute atomic E-state index is 13.2. The molecule has 4 bridgehead atoms. The number of carbonyl (C=O) groups is 1. The van der Waals surface area contributed by atoms with Crippen molar-refractivity contribution in [1.29, 1.82) is 0 Å². The highest BCUT2D eigenvalue weighted by atomic mass is 32.2. The molecule has 120 valence electrons. The summed E-state index contributed by atoms with van der Waals surface area (Å²) in [6, 6.07) is 4.35. The molecule has 0 N–H and O–H groups in total. The van der Waals surface area contributed by atoms with Crippen LogP contribution in [-0.4, -0.2) is 24.1 Å². The first-order valence-electron chi connectivity index (χ1n) is 8.46. The third kappa shape index (κ3) is 2.52. The molecule has 4 aliphatic carbocycles. The van der Waals surface area contributed by atoms with Gasteiger partial charge in [0.1, 0.15) is 0 Å². The lowest BCUT2D eigenvalue weighted by atomic mass is 9.49. The van der Waals surface area contributed by atoms with E-state index < -0.39 is 0 Å². The lowest BCUT2D eigenvalue weighted by Crippen LogP contribution is -2.53. The Morgan fingerprint density at radius 3 is 2.32 bits per heavy atom. The van der Waals surface area contributed by atoms with Crippen molar-refractivity contribution in [2.45, 2.75) is 49.3 Å². The minimum Gasteiger partial charge on any atom is -0.340 e. The van der Waals surface area contributed by atoms with Crippen LogP contribution in [0.25, 0.3) is 0 Å². The van der Waals surface area contributed by atoms with Gasteiger partial charge in [-0.1, -0.05) is 0 Å². The molecule has 1 amide bonds. The van der Waals surface area contributed by atoms with Crippen molar-refractivity contribution in [3.8, 4) is 0 Å². The molecule has 0 aliphatic heterocycles. The smallest absolute Gasteiger partial charge is 0.228 e. The van der Waals surface area contributed by atoms with E-state index in [1.807, 2.05) is 23.3 Å². The van der Waals surface area contributed by atoms with E-state index in [0.717, 1.165) is 24.3 Å². The van der Waals surface area contributed by atoms with Crippen LogP contribution in [0.4, 0.5) is 0 Å². The highest BCUT2D eigenvalue weighted by Gasteiger charge is 2.55. The molecule has 0 atom stereocenters. The maximum atomic E-state index is 13.2. The molecular weight excluding hydrogens is 310 g/mol. The van der Waals surface area contributed by atoms with E-state index in [2.05, 4.69) is 18.4 Å². The van der Waals surface area contributed by atoms with Crippen molar-refractivity contribution >= 4 is 29.0 Å². The zero-order valence-corrected chi connectivity index (χ0v) is 15.1. The summed E-state index contributed by atoms with van der Waals surface area (Å²) in [5, 5.41) is 0. The summed E-state index contributed by atoms with van der Waals surface area (Å²) < 4.78 is 1.34. The van der Waals surface area contributed by atoms with Crippen molar-refractivity contribution in [3.05, 3.63) is 17.0 Å². The molecule has 0 spiro atoms. The van der Waals surface area contributed by atoms with Crippen LogP contribution in [0, 0.1) is 23.2 Å². The van der Waals surface area contributed by atoms with Crippen molar-refractivity contribution in [3.63, 3.8) is 0 Å². The van der Waals surface area contributed by atoms with Gasteiger partial charge in [0, 0.05) is 11.9 Å². The average Bonchev–Trinajstić information content (AvgIpc) is 2.92. The highest BCUT2D eigenvalue weighted by molar-refractivity contribution is 8.00. The zero-order chi connectivity index (χ0) is 15.3. The van der Waals surface area contributed by atoms with Crippen LogP contribution in [0.1, 0.15) is 43.4 Å². The number of hydrogen-bond donors (Lipinski definition) is 0. The Morgan fingerprint density at radius 2 is 1.82 bits per heavy atom. The summed E-state index contributed by atoms with van der Waals surface area (Å²) in [6.07, 6.45) is 9.82. The first-order valence-corrected chi connectivity index (χ1v) is 10.5. The average molecular weight is 336 g/mol. The molecule has 1 aromatic rings. The van der Waals surface area contributed by atoms with Crippen molar-refractivity contribution in [1.82, 2.24) is 4.90 Å². The Labute approximate surface area is 141 Å². The Kier molecular flexibility index (Phi) is 3.80. The zero-order valence-electron chi connectivity index (χ0n) is 13.5. The minimum atomic E-state index is 0.00307. The first kappa shape index (κ1) is 15.1. The van der Waals surface area contributed by atoms with Gasteiger partial charge in [0.2, 0.25) is 5.91 Å². The van der Waals surface area contributed by atoms with E-state index in [1.54, 1.807) is 11.8 Å². The number of hydrogen-bond acceptors (Lipinski definition) is 3. The molecule has 2 nitrogen and oxygen atoms in total. The van der Waals surface area contributed by atoms with Gasteiger partial charge >= 0.3 is 0 Å². The molecule has 22 heavy (non-hydrogen) atoms. The van der Waals surface area contributed by atoms with Crippen molar-refractivity contribution < 1.29 is 4.79 Å². The SMILES string of the molecule is CSc1ccc(CN(C)C(=O)C23CC4CC(CC(C4)C2)C3)s1. The van der Waals surface area contributed by atoms with Gasteiger partial charge in [-0.2, -0.15) is 0 Å². The van der Waals surface area contributed by atoms with Crippen molar-refractivity contribution in [2.24, 2.45) is 23.2 Å². The van der Waals surface area contributed by atoms with Gasteiger partial charge in [-0.3, -0.25) is 4.79 Å². The second kappa shape index (κ2) is 5.55. The van der Waals surface area contributed by atoms with Gasteiger partial charge in [0.15, 0.2) is 0 Å². The molecule has 4 saturated carbocycles. The van der Waals surface area contributed by atoms with E-state index in [1.165, 1.54) is 47.6 Å². The molecule has 0 radical (unpaired) electrons. The lowest BCUT2D eigenvalue weighted by molar-refractivity contribution is -0.156.